The lowest BCUT2D eigenvalue weighted by atomic mass is 10.0. The maximum absolute atomic E-state index is 14.2. The summed E-state index contributed by atoms with van der Waals surface area (Å²) in [6.45, 7) is 3.89. The van der Waals surface area contributed by atoms with Crippen LogP contribution in [-0.2, 0) is 19.1 Å². The van der Waals surface area contributed by atoms with E-state index >= 15 is 0 Å². The van der Waals surface area contributed by atoms with Gasteiger partial charge in [-0.05, 0) is 31.9 Å². The van der Waals surface area contributed by atoms with Crippen molar-refractivity contribution >= 4 is 23.8 Å². The zero-order chi connectivity index (χ0) is 29.9. The molecule has 1 aliphatic rings. The Balaban J connectivity index is 1.71. The summed E-state index contributed by atoms with van der Waals surface area (Å²) < 4.78 is 57.2. The zero-order valence-corrected chi connectivity index (χ0v) is 22.5. The van der Waals surface area contributed by atoms with E-state index < -0.39 is 71.9 Å². The van der Waals surface area contributed by atoms with E-state index in [1.807, 2.05) is 0 Å². The van der Waals surface area contributed by atoms with E-state index in [1.165, 1.54) is 11.0 Å². The molecule has 12 heteroatoms. The molecule has 2 aromatic carbocycles. The lowest BCUT2D eigenvalue weighted by Crippen LogP contribution is -2.49. The number of likely N-dealkylation sites (tertiary alicyclic amines) is 1. The number of nitrogens with one attached hydrogen (secondary N) is 1. The van der Waals surface area contributed by atoms with Crippen molar-refractivity contribution in [1.82, 2.24) is 10.2 Å². The summed E-state index contributed by atoms with van der Waals surface area (Å²) in [5.74, 6) is -7.57. The highest BCUT2D eigenvalue weighted by Gasteiger charge is 2.32. The molecular weight excluding hydrogens is 545 g/mol. The fourth-order valence-corrected chi connectivity index (χ4v) is 4.17. The van der Waals surface area contributed by atoms with Gasteiger partial charge in [0.05, 0.1) is 12.3 Å². The number of ether oxygens (including phenoxy) is 3. The van der Waals surface area contributed by atoms with Crippen molar-refractivity contribution in [3.05, 3.63) is 72.1 Å². The Morgan fingerprint density at radius 1 is 1.12 bits per heavy atom. The summed E-state index contributed by atoms with van der Waals surface area (Å²) in [6, 6.07) is 7.32. The first-order valence-electron chi connectivity index (χ1n) is 13.0. The van der Waals surface area contributed by atoms with Crippen LogP contribution in [0.3, 0.4) is 0 Å². The second-order valence-electron chi connectivity index (χ2n) is 9.42. The summed E-state index contributed by atoms with van der Waals surface area (Å²) in [5, 5.41) is 2.50. The van der Waals surface area contributed by atoms with Gasteiger partial charge in [0, 0.05) is 24.7 Å². The highest BCUT2D eigenvalue weighted by atomic mass is 19.2. The van der Waals surface area contributed by atoms with Crippen LogP contribution in [0.2, 0.25) is 0 Å². The minimum absolute atomic E-state index is 0.00277. The van der Waals surface area contributed by atoms with Crippen molar-refractivity contribution in [3.8, 4) is 11.5 Å². The first-order valence-corrected chi connectivity index (χ1v) is 13.0. The van der Waals surface area contributed by atoms with Gasteiger partial charge in [-0.2, -0.15) is 4.39 Å². The van der Waals surface area contributed by atoms with E-state index in [9.17, 15) is 32.3 Å². The molecule has 220 valence electrons. The molecule has 41 heavy (non-hydrogen) atoms. The Kier molecular flexibility index (Phi) is 11.3. The molecule has 0 radical (unpaired) electrons. The monoisotopic (exact) mass is 576 g/mol. The van der Waals surface area contributed by atoms with E-state index in [4.69, 9.17) is 14.2 Å². The van der Waals surface area contributed by atoms with Gasteiger partial charge in [-0.25, -0.2) is 13.6 Å². The molecule has 1 heterocycles. The quantitative estimate of drug-likeness (QED) is 0.242. The topological polar surface area (TPSA) is 111 Å². The van der Waals surface area contributed by atoms with Gasteiger partial charge in [0.1, 0.15) is 30.8 Å². The van der Waals surface area contributed by atoms with Gasteiger partial charge in [0.2, 0.25) is 11.7 Å². The highest BCUT2D eigenvalue weighted by molar-refractivity contribution is 5.93. The fourth-order valence-electron chi connectivity index (χ4n) is 4.17. The number of Topliss-reactive ketones (excluding diaryl/α,β-unsaturated/α-hetero) is 1. The third-order valence-corrected chi connectivity index (χ3v) is 6.41. The number of esters is 1. The number of halogens is 3. The number of hydrogen-bond acceptors (Lipinski definition) is 7. The van der Waals surface area contributed by atoms with Gasteiger partial charge >= 0.3 is 12.1 Å². The third-order valence-electron chi connectivity index (χ3n) is 6.41. The predicted octanol–water partition coefficient (Wildman–Crippen LogP) is 4.27. The summed E-state index contributed by atoms with van der Waals surface area (Å²) in [5.41, 5.74) is -0.358. The third kappa shape index (κ3) is 8.82. The molecule has 1 unspecified atom stereocenters. The van der Waals surface area contributed by atoms with Gasteiger partial charge in [-0.1, -0.05) is 37.3 Å². The lowest BCUT2D eigenvalue weighted by Gasteiger charge is -2.25. The smallest absolute Gasteiger partial charge is 0.415 e. The van der Waals surface area contributed by atoms with Crippen LogP contribution in [0.25, 0.3) is 0 Å². The number of hydrogen-bond donors (Lipinski definition) is 1. The molecule has 0 bridgehead atoms. The molecule has 0 aromatic heterocycles. The molecule has 0 aliphatic carbocycles. The Bertz CT molecular complexity index is 1250. The number of carbonyl (C=O) groups excluding carboxylic acids is 4. The molecule has 3 rings (SSSR count). The van der Waals surface area contributed by atoms with Crippen LogP contribution in [0.5, 0.6) is 11.5 Å². The average molecular weight is 577 g/mol. The lowest BCUT2D eigenvalue weighted by molar-refractivity contribution is -0.145. The standard InChI is InChI=1S/C29H31F3N2O7/c1-3-13-39-25(36)15-23(24(35)17-40-27-18(2)21(30)14-22(31)26(27)32)33-28(37)19-9-7-8-12-34(16-19)29(38)41-20-10-5-4-6-11-20/h3-6,10-11,14,19,23H,1,7-9,12-13,15-17H2,2H3,(H,33,37)/t19?,23-/m0/s1. The number of carbonyl (C=O) groups is 4. The molecule has 0 spiro atoms. The van der Waals surface area contributed by atoms with Crippen LogP contribution in [-0.4, -0.2) is 61.0 Å². The Morgan fingerprint density at radius 3 is 2.56 bits per heavy atom. The van der Waals surface area contributed by atoms with E-state index in [0.717, 1.165) is 6.92 Å². The first kappa shape index (κ1) is 31.2. The highest BCUT2D eigenvalue weighted by Crippen LogP contribution is 2.27. The second-order valence-corrected chi connectivity index (χ2v) is 9.42. The minimum atomic E-state index is -1.50. The molecule has 1 aliphatic heterocycles. The van der Waals surface area contributed by atoms with Crippen LogP contribution >= 0.6 is 0 Å². The molecule has 1 fully saturated rings. The van der Waals surface area contributed by atoms with E-state index in [1.54, 1.807) is 30.3 Å². The predicted molar refractivity (Wildman–Crippen MR) is 141 cm³/mol. The number of benzene rings is 2. The fraction of sp³-hybridized carbons (Fsp3) is 0.379. The van der Waals surface area contributed by atoms with Crippen molar-refractivity contribution in [3.63, 3.8) is 0 Å². The van der Waals surface area contributed by atoms with E-state index in [0.29, 0.717) is 37.6 Å². The molecule has 1 N–H and O–H groups in total. The van der Waals surface area contributed by atoms with Gasteiger partial charge < -0.3 is 24.4 Å². The Morgan fingerprint density at radius 2 is 1.85 bits per heavy atom. The van der Waals surface area contributed by atoms with Gasteiger partial charge in [-0.15, -0.1) is 0 Å². The van der Waals surface area contributed by atoms with Crippen LogP contribution < -0.4 is 14.8 Å². The number of para-hydroxylation sites is 1. The molecule has 0 saturated carbocycles. The van der Waals surface area contributed by atoms with E-state index in [-0.39, 0.29) is 18.7 Å². The van der Waals surface area contributed by atoms with Crippen LogP contribution in [0.15, 0.2) is 49.1 Å². The zero-order valence-electron chi connectivity index (χ0n) is 22.5. The molecule has 1 saturated heterocycles. The van der Waals surface area contributed by atoms with Crippen LogP contribution in [0.1, 0.15) is 31.2 Å². The van der Waals surface area contributed by atoms with Crippen LogP contribution in [0, 0.1) is 30.3 Å². The molecular formula is C29H31F3N2O7. The Hall–Kier alpha value is -4.35. The van der Waals surface area contributed by atoms with Crippen molar-refractivity contribution < 1.29 is 46.6 Å². The van der Waals surface area contributed by atoms with Gasteiger partial charge in [-0.3, -0.25) is 14.4 Å². The van der Waals surface area contributed by atoms with Crippen molar-refractivity contribution in [2.45, 2.75) is 38.6 Å². The Labute approximate surface area is 235 Å². The van der Waals surface area contributed by atoms with Crippen molar-refractivity contribution in [1.29, 1.82) is 0 Å². The summed E-state index contributed by atoms with van der Waals surface area (Å²) >= 11 is 0. The van der Waals surface area contributed by atoms with Crippen molar-refractivity contribution in [2.75, 3.05) is 26.3 Å². The van der Waals surface area contributed by atoms with Gasteiger partial charge in [0.15, 0.2) is 17.3 Å². The maximum Gasteiger partial charge on any atom is 0.415 e. The molecule has 2 atom stereocenters. The second kappa shape index (κ2) is 14.9. The van der Waals surface area contributed by atoms with Gasteiger partial charge in [0.25, 0.3) is 0 Å². The average Bonchev–Trinajstić information content (AvgIpc) is 3.22. The largest absolute Gasteiger partial charge is 0.482 e. The summed E-state index contributed by atoms with van der Waals surface area (Å²) in [6.07, 6.45) is 1.71. The number of rotatable bonds is 11. The summed E-state index contributed by atoms with van der Waals surface area (Å²) in [7, 11) is 0. The molecule has 2 aromatic rings. The first-order chi connectivity index (χ1) is 19.6. The van der Waals surface area contributed by atoms with Crippen molar-refractivity contribution in [2.24, 2.45) is 5.92 Å². The normalized spacial score (nSPS) is 15.7. The summed E-state index contributed by atoms with van der Waals surface area (Å²) in [4.78, 5) is 52.7. The van der Waals surface area contributed by atoms with Crippen LogP contribution in [0.4, 0.5) is 18.0 Å². The number of nitrogens with zero attached hydrogens (tertiary/aromatic N) is 1. The maximum atomic E-state index is 14.2. The molecule has 9 nitrogen and oxygen atoms in total. The SMILES string of the molecule is C=CCOC(=O)C[C@H](NC(=O)C1CCCCN(C(=O)Oc2ccccc2)C1)C(=O)COc1c(C)c(F)cc(F)c1F. The van der Waals surface area contributed by atoms with E-state index in [2.05, 4.69) is 11.9 Å². The number of amides is 2. The molecule has 2 amide bonds. The number of ketones is 1. The minimum Gasteiger partial charge on any atom is -0.482 e.